The molecule has 0 saturated heterocycles. The molecule has 3 heteroatoms. The Morgan fingerprint density at radius 3 is 2.60 bits per heavy atom. The summed E-state index contributed by atoms with van der Waals surface area (Å²) in [6.07, 6.45) is -0.376. The molecule has 0 aliphatic carbocycles. The lowest BCUT2D eigenvalue weighted by Crippen LogP contribution is -2.27. The molecule has 0 aliphatic heterocycles. The SMILES string of the molecule is Cc1ccc(O)c(C(C)NC[C@H](C)O)c1. The van der Waals surface area contributed by atoms with Crippen molar-refractivity contribution >= 4 is 0 Å². The van der Waals surface area contributed by atoms with Crippen molar-refractivity contribution in [3.8, 4) is 5.75 Å². The zero-order valence-electron chi connectivity index (χ0n) is 9.49. The maximum Gasteiger partial charge on any atom is 0.120 e. The van der Waals surface area contributed by atoms with Crippen molar-refractivity contribution in [1.82, 2.24) is 5.32 Å². The van der Waals surface area contributed by atoms with Crippen LogP contribution in [0, 0.1) is 6.92 Å². The molecule has 0 heterocycles. The highest BCUT2D eigenvalue weighted by atomic mass is 16.3. The van der Waals surface area contributed by atoms with Crippen LogP contribution in [0.25, 0.3) is 0 Å². The summed E-state index contributed by atoms with van der Waals surface area (Å²) in [4.78, 5) is 0. The number of benzene rings is 1. The number of hydrogen-bond acceptors (Lipinski definition) is 3. The summed E-state index contributed by atoms with van der Waals surface area (Å²) in [5, 5.41) is 22.0. The van der Waals surface area contributed by atoms with Crippen molar-refractivity contribution in [2.24, 2.45) is 0 Å². The average molecular weight is 209 g/mol. The predicted octanol–water partition coefficient (Wildman–Crippen LogP) is 1.73. The van der Waals surface area contributed by atoms with Gasteiger partial charge in [0.15, 0.2) is 0 Å². The molecule has 1 aromatic rings. The quantitative estimate of drug-likeness (QED) is 0.708. The van der Waals surface area contributed by atoms with Crippen molar-refractivity contribution in [1.29, 1.82) is 0 Å². The maximum atomic E-state index is 9.67. The van der Waals surface area contributed by atoms with Crippen LogP contribution in [0.2, 0.25) is 0 Å². The molecule has 2 atom stereocenters. The first-order valence-electron chi connectivity index (χ1n) is 5.21. The topological polar surface area (TPSA) is 52.5 Å². The van der Waals surface area contributed by atoms with E-state index >= 15 is 0 Å². The Kier molecular flexibility index (Phi) is 4.12. The monoisotopic (exact) mass is 209 g/mol. The average Bonchev–Trinajstić information content (AvgIpc) is 2.18. The number of nitrogens with one attached hydrogen (secondary N) is 1. The lowest BCUT2D eigenvalue weighted by Gasteiger charge is -2.17. The Labute approximate surface area is 90.8 Å². The third-order valence-corrected chi connectivity index (χ3v) is 2.37. The van der Waals surface area contributed by atoms with Gasteiger partial charge in [-0.25, -0.2) is 0 Å². The van der Waals surface area contributed by atoms with Crippen molar-refractivity contribution in [3.63, 3.8) is 0 Å². The van der Waals surface area contributed by atoms with Gasteiger partial charge in [0.2, 0.25) is 0 Å². The van der Waals surface area contributed by atoms with Crippen LogP contribution in [0.15, 0.2) is 18.2 Å². The number of rotatable bonds is 4. The van der Waals surface area contributed by atoms with Crippen LogP contribution in [-0.2, 0) is 0 Å². The Morgan fingerprint density at radius 1 is 1.33 bits per heavy atom. The van der Waals surface area contributed by atoms with Crippen LogP contribution < -0.4 is 5.32 Å². The maximum absolute atomic E-state index is 9.67. The highest BCUT2D eigenvalue weighted by Crippen LogP contribution is 2.24. The summed E-state index contributed by atoms with van der Waals surface area (Å²) in [5.41, 5.74) is 1.99. The highest BCUT2D eigenvalue weighted by Gasteiger charge is 2.10. The number of hydrogen-bond donors (Lipinski definition) is 3. The molecule has 1 rings (SSSR count). The van der Waals surface area contributed by atoms with Crippen LogP contribution >= 0.6 is 0 Å². The number of phenolic OH excluding ortho intramolecular Hbond substituents is 1. The normalized spacial score (nSPS) is 14.9. The van der Waals surface area contributed by atoms with E-state index in [1.54, 1.807) is 13.0 Å². The molecule has 0 aromatic heterocycles. The van der Waals surface area contributed by atoms with Crippen molar-refractivity contribution in [3.05, 3.63) is 29.3 Å². The van der Waals surface area contributed by atoms with Crippen LogP contribution in [0.1, 0.15) is 31.0 Å². The standard InChI is InChI=1S/C12H19NO2/c1-8-4-5-12(15)11(6-8)10(3)13-7-9(2)14/h4-6,9-10,13-15H,7H2,1-3H3/t9-,10?/m0/s1. The largest absolute Gasteiger partial charge is 0.508 e. The highest BCUT2D eigenvalue weighted by molar-refractivity contribution is 5.37. The summed E-state index contributed by atoms with van der Waals surface area (Å²) in [7, 11) is 0. The van der Waals surface area contributed by atoms with Crippen LogP contribution in [0.4, 0.5) is 0 Å². The van der Waals surface area contributed by atoms with E-state index in [0.717, 1.165) is 11.1 Å². The summed E-state index contributed by atoms with van der Waals surface area (Å²) in [6.45, 7) is 6.21. The first-order valence-corrected chi connectivity index (χ1v) is 5.21. The van der Waals surface area contributed by atoms with E-state index in [0.29, 0.717) is 12.3 Å². The second-order valence-electron chi connectivity index (χ2n) is 4.04. The molecule has 0 spiro atoms. The Bertz CT molecular complexity index is 323. The van der Waals surface area contributed by atoms with E-state index in [-0.39, 0.29) is 12.1 Å². The van der Waals surface area contributed by atoms with Crippen molar-refractivity contribution in [2.45, 2.75) is 32.9 Å². The molecule has 1 unspecified atom stereocenters. The Morgan fingerprint density at radius 2 is 2.00 bits per heavy atom. The fraction of sp³-hybridized carbons (Fsp3) is 0.500. The minimum atomic E-state index is -0.376. The zero-order valence-corrected chi connectivity index (χ0v) is 9.49. The lowest BCUT2D eigenvalue weighted by atomic mass is 10.0. The molecule has 0 fully saturated rings. The smallest absolute Gasteiger partial charge is 0.120 e. The number of aliphatic hydroxyl groups excluding tert-OH is 1. The Balaban J connectivity index is 2.72. The summed E-state index contributed by atoms with van der Waals surface area (Å²) in [6, 6.07) is 5.57. The summed E-state index contributed by atoms with van der Waals surface area (Å²) < 4.78 is 0. The molecular formula is C12H19NO2. The van der Waals surface area contributed by atoms with E-state index < -0.39 is 0 Å². The minimum Gasteiger partial charge on any atom is -0.508 e. The second kappa shape index (κ2) is 5.14. The van der Waals surface area contributed by atoms with Gasteiger partial charge in [0.25, 0.3) is 0 Å². The molecule has 15 heavy (non-hydrogen) atoms. The van der Waals surface area contributed by atoms with E-state index in [4.69, 9.17) is 5.11 Å². The number of phenols is 1. The predicted molar refractivity (Wildman–Crippen MR) is 60.9 cm³/mol. The zero-order chi connectivity index (χ0) is 11.4. The summed E-state index contributed by atoms with van der Waals surface area (Å²) in [5.74, 6) is 0.297. The molecule has 84 valence electrons. The molecule has 0 amide bonds. The van der Waals surface area contributed by atoms with Crippen LogP contribution in [0.5, 0.6) is 5.75 Å². The van der Waals surface area contributed by atoms with Gasteiger partial charge in [0, 0.05) is 18.2 Å². The molecule has 0 radical (unpaired) electrons. The van der Waals surface area contributed by atoms with Crippen LogP contribution in [0.3, 0.4) is 0 Å². The molecule has 0 saturated carbocycles. The molecular weight excluding hydrogens is 190 g/mol. The van der Waals surface area contributed by atoms with Gasteiger partial charge in [-0.1, -0.05) is 17.7 Å². The van der Waals surface area contributed by atoms with E-state index in [2.05, 4.69) is 5.32 Å². The fourth-order valence-electron chi connectivity index (χ4n) is 1.48. The van der Waals surface area contributed by atoms with Gasteiger partial charge < -0.3 is 15.5 Å². The molecule has 3 nitrogen and oxygen atoms in total. The van der Waals surface area contributed by atoms with Crippen molar-refractivity contribution in [2.75, 3.05) is 6.54 Å². The van der Waals surface area contributed by atoms with Gasteiger partial charge >= 0.3 is 0 Å². The number of aliphatic hydroxyl groups is 1. The van der Waals surface area contributed by atoms with E-state index in [1.165, 1.54) is 0 Å². The number of aryl methyl sites for hydroxylation is 1. The first kappa shape index (κ1) is 12.0. The first-order chi connectivity index (χ1) is 7.00. The van der Waals surface area contributed by atoms with Gasteiger partial charge in [-0.3, -0.25) is 0 Å². The minimum absolute atomic E-state index is 0.0412. The van der Waals surface area contributed by atoms with E-state index in [1.807, 2.05) is 26.0 Å². The number of aromatic hydroxyl groups is 1. The van der Waals surface area contributed by atoms with Gasteiger partial charge in [-0.15, -0.1) is 0 Å². The molecule has 3 N–H and O–H groups in total. The van der Waals surface area contributed by atoms with Gasteiger partial charge in [-0.2, -0.15) is 0 Å². The second-order valence-corrected chi connectivity index (χ2v) is 4.04. The molecule has 0 aliphatic rings. The fourth-order valence-corrected chi connectivity index (χ4v) is 1.48. The van der Waals surface area contributed by atoms with Gasteiger partial charge in [0.05, 0.1) is 6.10 Å². The molecule has 1 aromatic carbocycles. The van der Waals surface area contributed by atoms with E-state index in [9.17, 15) is 5.11 Å². The third kappa shape index (κ3) is 3.53. The lowest BCUT2D eigenvalue weighted by molar-refractivity contribution is 0.187. The van der Waals surface area contributed by atoms with Gasteiger partial charge in [-0.05, 0) is 26.8 Å². The summed E-state index contributed by atoms with van der Waals surface area (Å²) >= 11 is 0. The third-order valence-electron chi connectivity index (χ3n) is 2.37. The van der Waals surface area contributed by atoms with Crippen molar-refractivity contribution < 1.29 is 10.2 Å². The molecule has 0 bridgehead atoms. The van der Waals surface area contributed by atoms with Crippen LogP contribution in [-0.4, -0.2) is 22.9 Å². The van der Waals surface area contributed by atoms with Gasteiger partial charge in [0.1, 0.15) is 5.75 Å². The Hall–Kier alpha value is -1.06.